The molecule has 0 aliphatic carbocycles. The van der Waals surface area contributed by atoms with Crippen molar-refractivity contribution in [1.82, 2.24) is 0 Å². The molecular weight excluding hydrogens is 431 g/mol. The van der Waals surface area contributed by atoms with Crippen LogP contribution in [-0.4, -0.2) is 11.6 Å². The minimum absolute atomic E-state index is 0.193. The Balaban J connectivity index is 2.13. The molecule has 0 radical (unpaired) electrons. The number of rotatable bonds is 2. The van der Waals surface area contributed by atoms with Crippen LogP contribution in [0.4, 0.5) is 11.4 Å². The number of fused-ring (bicyclic) bond motifs is 1. The van der Waals surface area contributed by atoms with Gasteiger partial charge in [-0.25, -0.2) is 4.99 Å². The fraction of sp³-hybridized carbons (Fsp3) is 0.125. The maximum Gasteiger partial charge on any atom is 0.275 e. The van der Waals surface area contributed by atoms with Gasteiger partial charge in [0.1, 0.15) is 5.71 Å². The summed E-state index contributed by atoms with van der Waals surface area (Å²) in [7, 11) is 0. The molecule has 112 valence electrons. The lowest BCUT2D eigenvalue weighted by Gasteiger charge is -2.06. The lowest BCUT2D eigenvalue weighted by Crippen LogP contribution is -2.14. The third kappa shape index (κ3) is 2.85. The zero-order chi connectivity index (χ0) is 15.9. The summed E-state index contributed by atoms with van der Waals surface area (Å²) in [5.41, 5.74) is 3.79. The highest BCUT2D eigenvalue weighted by molar-refractivity contribution is 9.10. The molecule has 2 aromatic carbocycles. The van der Waals surface area contributed by atoms with Crippen molar-refractivity contribution < 1.29 is 4.79 Å². The Labute approximate surface area is 150 Å². The number of hydrogen-bond donors (Lipinski definition) is 1. The molecule has 1 aliphatic heterocycles. The number of nitrogens with one attached hydrogen (secondary N) is 1. The van der Waals surface area contributed by atoms with Crippen molar-refractivity contribution in [2.45, 2.75) is 13.3 Å². The van der Waals surface area contributed by atoms with E-state index in [0.717, 1.165) is 32.2 Å². The van der Waals surface area contributed by atoms with E-state index in [1.807, 2.05) is 24.3 Å². The minimum Gasteiger partial charge on any atom is -0.320 e. The monoisotopic (exact) mass is 440 g/mol. The highest BCUT2D eigenvalue weighted by Gasteiger charge is 2.28. The van der Waals surface area contributed by atoms with Gasteiger partial charge < -0.3 is 5.32 Å². The summed E-state index contributed by atoms with van der Waals surface area (Å²) >= 11 is 12.9. The van der Waals surface area contributed by atoms with Crippen LogP contribution in [0.15, 0.2) is 44.3 Å². The number of aryl methyl sites for hydroxylation is 1. The Morgan fingerprint density at radius 2 is 2.00 bits per heavy atom. The van der Waals surface area contributed by atoms with Crippen molar-refractivity contribution in [1.29, 1.82) is 0 Å². The molecule has 0 atom stereocenters. The van der Waals surface area contributed by atoms with E-state index in [9.17, 15) is 4.79 Å². The van der Waals surface area contributed by atoms with E-state index in [4.69, 9.17) is 11.6 Å². The topological polar surface area (TPSA) is 41.5 Å². The number of anilines is 1. The predicted octanol–water partition coefficient (Wildman–Crippen LogP) is 5.50. The molecule has 2 aromatic rings. The maximum absolute atomic E-state index is 12.3. The molecule has 0 unspecified atom stereocenters. The first-order valence-electron chi connectivity index (χ1n) is 6.67. The highest BCUT2D eigenvalue weighted by Crippen LogP contribution is 2.34. The van der Waals surface area contributed by atoms with E-state index in [2.05, 4.69) is 49.1 Å². The second kappa shape index (κ2) is 6.14. The van der Waals surface area contributed by atoms with Crippen LogP contribution < -0.4 is 5.32 Å². The number of carbonyl (C=O) groups excluding carboxylic acids is 1. The van der Waals surface area contributed by atoms with Crippen LogP contribution in [-0.2, 0) is 11.2 Å². The van der Waals surface area contributed by atoms with Gasteiger partial charge in [-0.3, -0.25) is 4.79 Å². The number of amides is 1. The number of carbonyl (C=O) groups is 1. The summed E-state index contributed by atoms with van der Waals surface area (Å²) < 4.78 is 1.73. The van der Waals surface area contributed by atoms with Crippen molar-refractivity contribution in [3.05, 3.63) is 55.4 Å². The van der Waals surface area contributed by atoms with Crippen LogP contribution >= 0.6 is 43.5 Å². The zero-order valence-electron chi connectivity index (χ0n) is 11.6. The summed E-state index contributed by atoms with van der Waals surface area (Å²) in [5.74, 6) is -0.193. The van der Waals surface area contributed by atoms with Gasteiger partial charge in [-0.05, 0) is 58.2 Å². The van der Waals surface area contributed by atoms with Crippen LogP contribution in [0, 0.1) is 0 Å². The normalized spacial score (nSPS) is 15.1. The largest absolute Gasteiger partial charge is 0.320 e. The number of aliphatic imine (C=N–C) groups is 1. The van der Waals surface area contributed by atoms with Gasteiger partial charge in [0.05, 0.1) is 16.4 Å². The van der Waals surface area contributed by atoms with E-state index in [0.29, 0.717) is 16.4 Å². The first-order chi connectivity index (χ1) is 10.5. The molecule has 1 heterocycles. The summed E-state index contributed by atoms with van der Waals surface area (Å²) in [6, 6.07) is 9.27. The fourth-order valence-electron chi connectivity index (χ4n) is 2.37. The second-order valence-corrected chi connectivity index (χ2v) is 7.03. The Kier molecular flexibility index (Phi) is 4.39. The van der Waals surface area contributed by atoms with Crippen molar-refractivity contribution in [3.63, 3.8) is 0 Å². The van der Waals surface area contributed by atoms with Crippen molar-refractivity contribution in [3.8, 4) is 0 Å². The molecule has 0 bridgehead atoms. The smallest absolute Gasteiger partial charge is 0.275 e. The third-order valence-corrected chi connectivity index (χ3v) is 5.11. The van der Waals surface area contributed by atoms with Gasteiger partial charge in [-0.15, -0.1) is 0 Å². The summed E-state index contributed by atoms with van der Waals surface area (Å²) in [6.07, 6.45) is 0.833. The molecule has 1 N–H and O–H groups in total. The second-order valence-electron chi connectivity index (χ2n) is 4.85. The predicted molar refractivity (Wildman–Crippen MR) is 97.5 cm³/mol. The Hall–Kier alpha value is -1.17. The van der Waals surface area contributed by atoms with Gasteiger partial charge in [-0.1, -0.05) is 34.5 Å². The Bertz CT molecular complexity index is 818. The standard InChI is InChI=1S/C16H11Br2ClN2O/c1-2-8-5-9(17)6-11-14(8)21-16(22)15(11)20-10-3-4-12(18)13(19)7-10/h3-7H,2H2,1H3,(H,20,21,22). The third-order valence-electron chi connectivity index (χ3n) is 3.42. The van der Waals surface area contributed by atoms with E-state index < -0.39 is 0 Å². The van der Waals surface area contributed by atoms with Crippen molar-refractivity contribution in [2.24, 2.45) is 4.99 Å². The molecule has 3 nitrogen and oxygen atoms in total. The number of halogens is 3. The SMILES string of the molecule is CCc1cc(Br)cc2c1NC(=O)C2=Nc1ccc(Br)c(Cl)c1. The van der Waals surface area contributed by atoms with Gasteiger partial charge in [0.2, 0.25) is 0 Å². The lowest BCUT2D eigenvalue weighted by molar-refractivity contribution is -0.110. The van der Waals surface area contributed by atoms with E-state index >= 15 is 0 Å². The van der Waals surface area contributed by atoms with Crippen LogP contribution in [0.25, 0.3) is 0 Å². The minimum atomic E-state index is -0.193. The molecular formula is C16H11Br2ClN2O. The molecule has 6 heteroatoms. The molecule has 22 heavy (non-hydrogen) atoms. The molecule has 0 saturated carbocycles. The van der Waals surface area contributed by atoms with Crippen molar-refractivity contribution >= 4 is 66.5 Å². The number of nitrogens with zero attached hydrogens (tertiary/aromatic N) is 1. The van der Waals surface area contributed by atoms with Crippen LogP contribution in [0.5, 0.6) is 0 Å². The van der Waals surface area contributed by atoms with Gasteiger partial charge in [0.25, 0.3) is 5.91 Å². The average Bonchev–Trinajstić information content (AvgIpc) is 2.78. The van der Waals surface area contributed by atoms with Gasteiger partial charge in [0, 0.05) is 14.5 Å². The fourth-order valence-corrected chi connectivity index (χ4v) is 3.29. The quantitative estimate of drug-likeness (QED) is 0.656. The molecule has 0 spiro atoms. The highest BCUT2D eigenvalue weighted by atomic mass is 79.9. The summed E-state index contributed by atoms with van der Waals surface area (Å²) in [6.45, 7) is 2.05. The Morgan fingerprint density at radius 3 is 2.68 bits per heavy atom. The van der Waals surface area contributed by atoms with Crippen LogP contribution in [0.1, 0.15) is 18.1 Å². The van der Waals surface area contributed by atoms with Crippen LogP contribution in [0.2, 0.25) is 5.02 Å². The number of benzene rings is 2. The Morgan fingerprint density at radius 1 is 1.23 bits per heavy atom. The average molecular weight is 443 g/mol. The lowest BCUT2D eigenvalue weighted by atomic mass is 10.0. The first-order valence-corrected chi connectivity index (χ1v) is 8.64. The summed E-state index contributed by atoms with van der Waals surface area (Å²) in [5, 5.41) is 3.47. The molecule has 0 fully saturated rings. The van der Waals surface area contributed by atoms with E-state index in [1.54, 1.807) is 6.07 Å². The molecule has 1 amide bonds. The van der Waals surface area contributed by atoms with E-state index in [1.165, 1.54) is 0 Å². The molecule has 1 aliphatic rings. The zero-order valence-corrected chi connectivity index (χ0v) is 15.5. The van der Waals surface area contributed by atoms with Gasteiger partial charge >= 0.3 is 0 Å². The maximum atomic E-state index is 12.3. The van der Waals surface area contributed by atoms with E-state index in [-0.39, 0.29) is 5.91 Å². The molecule has 3 rings (SSSR count). The van der Waals surface area contributed by atoms with Crippen molar-refractivity contribution in [2.75, 3.05) is 5.32 Å². The van der Waals surface area contributed by atoms with Crippen LogP contribution in [0.3, 0.4) is 0 Å². The number of hydrogen-bond acceptors (Lipinski definition) is 2. The molecule has 0 saturated heterocycles. The molecule has 0 aromatic heterocycles. The van der Waals surface area contributed by atoms with Gasteiger partial charge in [0.15, 0.2) is 0 Å². The van der Waals surface area contributed by atoms with Gasteiger partial charge in [-0.2, -0.15) is 0 Å². The summed E-state index contributed by atoms with van der Waals surface area (Å²) in [4.78, 5) is 16.7. The first kappa shape index (κ1) is 15.7.